The Kier molecular flexibility index (Phi) is 13.8. The minimum Gasteiger partial charge on any atom is -0.377 e. The van der Waals surface area contributed by atoms with E-state index in [1.165, 1.54) is 11.1 Å². The summed E-state index contributed by atoms with van der Waals surface area (Å²) in [5.74, 6) is 0.656. The van der Waals surface area contributed by atoms with Crippen LogP contribution in [0.25, 0.3) is 5.70 Å². The second kappa shape index (κ2) is 16.2. The number of carbonyl (C=O) groups excluding carboxylic acids is 1. The molecule has 3 rings (SSSR count). The molecule has 0 aromatic heterocycles. The summed E-state index contributed by atoms with van der Waals surface area (Å²) in [4.78, 5) is 18.9. The van der Waals surface area contributed by atoms with Gasteiger partial charge in [0.25, 0.3) is 0 Å². The van der Waals surface area contributed by atoms with Gasteiger partial charge in [-0.15, -0.1) is 6.58 Å². The minimum absolute atomic E-state index is 0.0472. The summed E-state index contributed by atoms with van der Waals surface area (Å²) in [5.41, 5.74) is 8.38. The Morgan fingerprint density at radius 1 is 1.13 bits per heavy atom. The lowest BCUT2D eigenvalue weighted by Gasteiger charge is -2.31. The molecule has 5 nitrogen and oxygen atoms in total. The second-order valence-electron chi connectivity index (χ2n) is 9.41. The van der Waals surface area contributed by atoms with Crippen LogP contribution in [0.15, 0.2) is 103 Å². The van der Waals surface area contributed by atoms with Crippen molar-refractivity contribution in [3.8, 4) is 0 Å². The summed E-state index contributed by atoms with van der Waals surface area (Å²) in [6.07, 6.45) is 9.13. The molecule has 1 aliphatic carbocycles. The second-order valence-corrected chi connectivity index (χ2v) is 9.41. The molecule has 0 radical (unpaired) electrons. The predicted molar refractivity (Wildman–Crippen MR) is 170 cm³/mol. The molecule has 210 valence electrons. The Balaban J connectivity index is 0.00000142. The number of aliphatic imine (C=N–C) groups is 1. The predicted octanol–water partition coefficient (Wildman–Crippen LogP) is 8.49. The number of hydrogen-bond acceptors (Lipinski definition) is 5. The van der Waals surface area contributed by atoms with Gasteiger partial charge in [-0.1, -0.05) is 65.3 Å². The molecule has 0 spiro atoms. The Bertz CT molecular complexity index is 1190. The van der Waals surface area contributed by atoms with Crippen LogP contribution in [0.1, 0.15) is 90.5 Å². The molecule has 2 N–H and O–H groups in total. The van der Waals surface area contributed by atoms with Gasteiger partial charge in [-0.05, 0) is 80.9 Å². The number of rotatable bonds is 9. The van der Waals surface area contributed by atoms with E-state index in [1.54, 1.807) is 30.2 Å². The summed E-state index contributed by atoms with van der Waals surface area (Å²) in [7, 11) is 0. The van der Waals surface area contributed by atoms with E-state index in [4.69, 9.17) is 4.99 Å². The fraction of sp³-hybridized carbons (Fsp3) is 0.353. The maximum atomic E-state index is 12.3. The normalized spacial score (nSPS) is 15.4. The van der Waals surface area contributed by atoms with E-state index < -0.39 is 0 Å². The van der Waals surface area contributed by atoms with Crippen molar-refractivity contribution < 1.29 is 4.79 Å². The zero-order valence-electron chi connectivity index (χ0n) is 25.2. The van der Waals surface area contributed by atoms with Crippen molar-refractivity contribution in [3.05, 3.63) is 115 Å². The van der Waals surface area contributed by atoms with E-state index in [1.807, 2.05) is 34.6 Å². The highest BCUT2D eigenvalue weighted by atomic mass is 16.1. The number of benzene rings is 1. The first-order valence-electron chi connectivity index (χ1n) is 13.8. The van der Waals surface area contributed by atoms with Gasteiger partial charge >= 0.3 is 0 Å². The minimum atomic E-state index is -0.0472. The van der Waals surface area contributed by atoms with Crippen molar-refractivity contribution in [2.45, 2.75) is 80.2 Å². The molecule has 0 saturated heterocycles. The average molecular weight is 529 g/mol. The molecular weight excluding hydrogens is 480 g/mol. The highest BCUT2D eigenvalue weighted by molar-refractivity contribution is 6.13. The summed E-state index contributed by atoms with van der Waals surface area (Å²) in [6.45, 7) is 33.1. The molecule has 0 unspecified atom stereocenters. The third kappa shape index (κ3) is 8.85. The van der Waals surface area contributed by atoms with Gasteiger partial charge in [0.15, 0.2) is 5.78 Å². The third-order valence-corrected chi connectivity index (χ3v) is 6.20. The zero-order valence-corrected chi connectivity index (χ0v) is 25.2. The van der Waals surface area contributed by atoms with Crippen LogP contribution in [0.3, 0.4) is 0 Å². The van der Waals surface area contributed by atoms with Crippen LogP contribution in [0.2, 0.25) is 0 Å². The van der Waals surface area contributed by atoms with Crippen LogP contribution >= 0.6 is 0 Å². The van der Waals surface area contributed by atoms with E-state index >= 15 is 0 Å². The number of hydrogen-bond donors (Lipinski definition) is 2. The van der Waals surface area contributed by atoms with Gasteiger partial charge in [-0.25, -0.2) is 4.99 Å². The molecule has 39 heavy (non-hydrogen) atoms. The van der Waals surface area contributed by atoms with Crippen molar-refractivity contribution in [1.29, 1.82) is 0 Å². The topological polar surface area (TPSA) is 56.7 Å². The Hall–Kier alpha value is -3.86. The molecule has 0 bridgehead atoms. The molecule has 0 amide bonds. The van der Waals surface area contributed by atoms with Crippen molar-refractivity contribution in [1.82, 2.24) is 15.5 Å². The lowest BCUT2D eigenvalue weighted by atomic mass is 9.86. The number of nitrogens with one attached hydrogen (secondary N) is 2. The molecule has 1 heterocycles. The summed E-state index contributed by atoms with van der Waals surface area (Å²) >= 11 is 0. The lowest BCUT2D eigenvalue weighted by molar-refractivity contribution is -0.114. The first-order valence-corrected chi connectivity index (χ1v) is 13.8. The fourth-order valence-electron chi connectivity index (χ4n) is 4.29. The van der Waals surface area contributed by atoms with E-state index in [-0.39, 0.29) is 11.8 Å². The smallest absolute Gasteiger partial charge is 0.176 e. The van der Waals surface area contributed by atoms with Crippen LogP contribution in [0.5, 0.6) is 0 Å². The Morgan fingerprint density at radius 3 is 2.31 bits per heavy atom. The molecule has 0 saturated carbocycles. The van der Waals surface area contributed by atoms with Crippen LogP contribution in [0.4, 0.5) is 0 Å². The SMILES string of the molecule is C=CC.C=CN1C(C(C)=O)=CC(C(=C)N[C@H]2CCCc3cc(C(=C)NC(=C)CC)ccc32)=NC1=C(C)C.CC. The van der Waals surface area contributed by atoms with E-state index in [2.05, 4.69) is 68.7 Å². The quantitative estimate of drug-likeness (QED) is 0.316. The Morgan fingerprint density at radius 2 is 1.77 bits per heavy atom. The van der Waals surface area contributed by atoms with Crippen LogP contribution in [-0.4, -0.2) is 16.4 Å². The first kappa shape index (κ1) is 33.2. The number of Topliss-reactive ketones (excluding diaryl/α,β-unsaturated/α-hetero) is 1. The van der Waals surface area contributed by atoms with Crippen molar-refractivity contribution >= 4 is 17.2 Å². The molecule has 1 aromatic carbocycles. The van der Waals surface area contributed by atoms with E-state index in [0.29, 0.717) is 22.9 Å². The van der Waals surface area contributed by atoms with Gasteiger partial charge in [-0.2, -0.15) is 0 Å². The average Bonchev–Trinajstić information content (AvgIpc) is 2.93. The lowest BCUT2D eigenvalue weighted by Crippen LogP contribution is -2.31. The fourth-order valence-corrected chi connectivity index (χ4v) is 4.29. The van der Waals surface area contributed by atoms with Crippen LogP contribution in [-0.2, 0) is 11.2 Å². The number of aryl methyl sites for hydroxylation is 1. The maximum absolute atomic E-state index is 12.3. The van der Waals surface area contributed by atoms with Gasteiger partial charge in [0.1, 0.15) is 5.82 Å². The zero-order chi connectivity index (χ0) is 29.7. The number of fused-ring (bicyclic) bond motifs is 1. The maximum Gasteiger partial charge on any atom is 0.176 e. The monoisotopic (exact) mass is 528 g/mol. The molecule has 5 heteroatoms. The molecule has 2 aliphatic rings. The molecular formula is C34H48N4O. The van der Waals surface area contributed by atoms with Gasteiger partial charge in [0.2, 0.25) is 0 Å². The van der Waals surface area contributed by atoms with E-state index in [9.17, 15) is 4.79 Å². The largest absolute Gasteiger partial charge is 0.377 e. The number of nitrogens with zero attached hydrogens (tertiary/aromatic N) is 2. The number of ketones is 1. The van der Waals surface area contributed by atoms with Crippen molar-refractivity contribution in [2.75, 3.05) is 0 Å². The number of allylic oxidation sites excluding steroid dienone is 5. The molecule has 1 atom stereocenters. The summed E-state index contributed by atoms with van der Waals surface area (Å²) in [6, 6.07) is 6.63. The van der Waals surface area contributed by atoms with Crippen molar-refractivity contribution in [2.24, 2.45) is 4.99 Å². The number of carbonyl (C=O) groups is 1. The highest BCUT2D eigenvalue weighted by Crippen LogP contribution is 2.33. The van der Waals surface area contributed by atoms with E-state index in [0.717, 1.165) is 48.2 Å². The Labute approximate surface area is 237 Å². The third-order valence-electron chi connectivity index (χ3n) is 6.20. The molecule has 1 aliphatic heterocycles. The van der Waals surface area contributed by atoms with Gasteiger partial charge < -0.3 is 10.6 Å². The standard InChI is InChI=1S/C29H36N4O.C3H6.C2H6/c1-9-19(5)30-20(6)23-14-15-25-24(16-23)12-11-13-26(25)31-21(7)27-17-28(22(8)34)33(10-2)29(32-27)18(3)4;1-3-2;1-2/h10,14-17,26,30-31H,2,5-7,9,11-13H2,1,3-4,8H3;3H,1H2,2H3;1-2H3/t26-;;/m0../s1. The first-order chi connectivity index (χ1) is 18.6. The summed E-state index contributed by atoms with van der Waals surface area (Å²) in [5, 5.41) is 6.88. The highest BCUT2D eigenvalue weighted by Gasteiger charge is 2.26. The molecule has 1 aromatic rings. The van der Waals surface area contributed by atoms with Crippen molar-refractivity contribution in [3.63, 3.8) is 0 Å². The van der Waals surface area contributed by atoms with Crippen LogP contribution in [0, 0.1) is 0 Å². The molecule has 0 fully saturated rings. The van der Waals surface area contributed by atoms with Crippen LogP contribution < -0.4 is 10.6 Å². The van der Waals surface area contributed by atoms with Gasteiger partial charge in [0, 0.05) is 24.5 Å². The summed E-state index contributed by atoms with van der Waals surface area (Å²) < 4.78 is 0. The van der Waals surface area contributed by atoms with Gasteiger partial charge in [0.05, 0.1) is 23.1 Å². The van der Waals surface area contributed by atoms with Gasteiger partial charge in [-0.3, -0.25) is 9.69 Å².